The minimum atomic E-state index is -3.31. The van der Waals surface area contributed by atoms with Crippen molar-refractivity contribution in [3.05, 3.63) is 28.2 Å². The van der Waals surface area contributed by atoms with Gasteiger partial charge in [-0.25, -0.2) is 8.42 Å². The van der Waals surface area contributed by atoms with Gasteiger partial charge < -0.3 is 5.32 Å². The van der Waals surface area contributed by atoms with Crippen molar-refractivity contribution in [3.63, 3.8) is 0 Å². The van der Waals surface area contributed by atoms with Crippen LogP contribution in [0, 0.1) is 6.92 Å². The Morgan fingerprint density at radius 1 is 1.41 bits per heavy atom. The van der Waals surface area contributed by atoms with E-state index in [1.54, 1.807) is 0 Å². The van der Waals surface area contributed by atoms with E-state index >= 15 is 0 Å². The fourth-order valence-electron chi connectivity index (χ4n) is 2.11. The molecule has 0 aromatic heterocycles. The number of carbonyl (C=O) groups is 1. The van der Waals surface area contributed by atoms with E-state index in [1.165, 1.54) is 10.6 Å². The lowest BCUT2D eigenvalue weighted by atomic mass is 10.2. The number of carbonyl (C=O) groups excluding carboxylic acids is 1. The predicted octanol–water partition coefficient (Wildman–Crippen LogP) is 3.15. The van der Waals surface area contributed by atoms with Gasteiger partial charge >= 0.3 is 0 Å². The highest BCUT2D eigenvalue weighted by atomic mass is 79.9. The van der Waals surface area contributed by atoms with Crippen molar-refractivity contribution in [2.45, 2.75) is 39.7 Å². The molecule has 0 spiro atoms. The van der Waals surface area contributed by atoms with Crippen LogP contribution in [0.5, 0.6) is 0 Å². The topological polar surface area (TPSA) is 66.5 Å². The van der Waals surface area contributed by atoms with Crippen molar-refractivity contribution in [2.24, 2.45) is 0 Å². The van der Waals surface area contributed by atoms with E-state index in [-0.39, 0.29) is 24.9 Å². The number of nitrogens with one attached hydrogen (secondary N) is 1. The van der Waals surface area contributed by atoms with Gasteiger partial charge in [0.2, 0.25) is 15.9 Å². The first-order valence-corrected chi connectivity index (χ1v) is 9.82. The largest absolute Gasteiger partial charge is 0.326 e. The molecule has 1 aromatic carbocycles. The van der Waals surface area contributed by atoms with Crippen LogP contribution in [0.4, 0.5) is 5.69 Å². The number of rotatable bonds is 7. The molecule has 22 heavy (non-hydrogen) atoms. The zero-order valence-corrected chi connectivity index (χ0v) is 15.8. The first kappa shape index (κ1) is 19.1. The molecular weight excluding hydrogens is 368 g/mol. The molecule has 0 aliphatic heterocycles. The Labute approximate surface area is 141 Å². The van der Waals surface area contributed by atoms with Crippen molar-refractivity contribution >= 4 is 37.5 Å². The predicted molar refractivity (Wildman–Crippen MR) is 93.4 cm³/mol. The van der Waals surface area contributed by atoms with Gasteiger partial charge in [-0.3, -0.25) is 4.79 Å². The van der Waals surface area contributed by atoms with E-state index in [9.17, 15) is 13.2 Å². The molecule has 0 saturated carbocycles. The first-order chi connectivity index (χ1) is 10.1. The van der Waals surface area contributed by atoms with Gasteiger partial charge in [-0.15, -0.1) is 0 Å². The van der Waals surface area contributed by atoms with Crippen LogP contribution in [0.25, 0.3) is 0 Å². The number of anilines is 1. The summed E-state index contributed by atoms with van der Waals surface area (Å²) in [5, 5.41) is 2.82. The van der Waals surface area contributed by atoms with Crippen LogP contribution >= 0.6 is 15.9 Å². The Morgan fingerprint density at radius 2 is 2.05 bits per heavy atom. The minimum absolute atomic E-state index is 0.114. The number of nitrogens with zero attached hydrogens (tertiary/aromatic N) is 1. The Kier molecular flexibility index (Phi) is 7.02. The van der Waals surface area contributed by atoms with E-state index in [1.807, 2.05) is 39.0 Å². The fourth-order valence-corrected chi connectivity index (χ4v) is 3.81. The van der Waals surface area contributed by atoms with Gasteiger partial charge in [-0.2, -0.15) is 4.31 Å². The molecule has 0 bridgehead atoms. The summed E-state index contributed by atoms with van der Waals surface area (Å²) in [6.07, 6.45) is 2.02. The molecule has 1 rings (SSSR count). The lowest BCUT2D eigenvalue weighted by Gasteiger charge is -2.25. The molecule has 0 heterocycles. The molecule has 0 aliphatic rings. The van der Waals surface area contributed by atoms with Crippen LogP contribution in [0.15, 0.2) is 22.7 Å². The lowest BCUT2D eigenvalue weighted by Crippen LogP contribution is -2.39. The molecule has 0 fully saturated rings. The van der Waals surface area contributed by atoms with Crippen molar-refractivity contribution in [3.8, 4) is 0 Å². The number of aryl methyl sites for hydroxylation is 1. The van der Waals surface area contributed by atoms with Crippen LogP contribution in [0.2, 0.25) is 0 Å². The van der Waals surface area contributed by atoms with E-state index in [0.717, 1.165) is 15.7 Å². The van der Waals surface area contributed by atoms with E-state index in [4.69, 9.17) is 0 Å². The molecule has 124 valence electrons. The maximum absolute atomic E-state index is 12.0. The van der Waals surface area contributed by atoms with E-state index in [2.05, 4.69) is 21.2 Å². The molecule has 7 heteroatoms. The average molecular weight is 391 g/mol. The molecule has 1 atom stereocenters. The van der Waals surface area contributed by atoms with Crippen molar-refractivity contribution in [1.29, 1.82) is 0 Å². The second-order valence-electron chi connectivity index (χ2n) is 5.39. The summed E-state index contributed by atoms with van der Waals surface area (Å²) >= 11 is 3.37. The number of hydrogen-bond donors (Lipinski definition) is 1. The molecule has 1 aromatic rings. The second kappa shape index (κ2) is 8.08. The third-order valence-corrected chi connectivity index (χ3v) is 5.42. The second-order valence-corrected chi connectivity index (χ2v) is 8.24. The summed E-state index contributed by atoms with van der Waals surface area (Å²) in [6.45, 7) is 5.86. The van der Waals surface area contributed by atoms with Crippen molar-refractivity contribution in [1.82, 2.24) is 4.31 Å². The number of hydrogen-bond acceptors (Lipinski definition) is 3. The van der Waals surface area contributed by atoms with Crippen LogP contribution in [0.1, 0.15) is 32.3 Å². The van der Waals surface area contributed by atoms with Crippen molar-refractivity contribution < 1.29 is 13.2 Å². The highest BCUT2D eigenvalue weighted by Crippen LogP contribution is 2.20. The Balaban J connectivity index is 2.68. The Hall–Kier alpha value is -0.920. The van der Waals surface area contributed by atoms with Gasteiger partial charge in [0, 0.05) is 29.2 Å². The van der Waals surface area contributed by atoms with Gasteiger partial charge in [-0.05, 0) is 44.0 Å². The van der Waals surface area contributed by atoms with Crippen LogP contribution in [-0.2, 0) is 14.8 Å². The van der Waals surface area contributed by atoms with Gasteiger partial charge in [0.1, 0.15) is 0 Å². The van der Waals surface area contributed by atoms with Crippen LogP contribution in [-0.4, -0.2) is 37.5 Å². The molecule has 1 N–H and O–H groups in total. The summed E-state index contributed by atoms with van der Waals surface area (Å²) in [6, 6.07) is 5.47. The fraction of sp³-hybridized carbons (Fsp3) is 0.533. The van der Waals surface area contributed by atoms with Crippen molar-refractivity contribution in [2.75, 3.05) is 18.1 Å². The highest BCUT2D eigenvalue weighted by molar-refractivity contribution is 9.10. The molecule has 5 nitrogen and oxygen atoms in total. The SMILES string of the molecule is CCC(C)N(CCC(=O)Nc1ccc(Br)cc1C)S(C)(=O)=O. The zero-order valence-electron chi connectivity index (χ0n) is 13.4. The summed E-state index contributed by atoms with van der Waals surface area (Å²) in [5.74, 6) is -0.192. The molecule has 0 radical (unpaired) electrons. The van der Waals surface area contributed by atoms with Gasteiger partial charge in [0.25, 0.3) is 0 Å². The summed E-state index contributed by atoms with van der Waals surface area (Å²) < 4.78 is 25.9. The molecule has 0 saturated heterocycles. The van der Waals surface area contributed by atoms with E-state index in [0.29, 0.717) is 6.42 Å². The number of halogens is 1. The monoisotopic (exact) mass is 390 g/mol. The Morgan fingerprint density at radius 3 is 2.55 bits per heavy atom. The van der Waals surface area contributed by atoms with Crippen LogP contribution in [0.3, 0.4) is 0 Å². The third-order valence-electron chi connectivity index (χ3n) is 3.53. The quantitative estimate of drug-likeness (QED) is 0.777. The van der Waals surface area contributed by atoms with Gasteiger partial charge in [0.05, 0.1) is 6.26 Å². The smallest absolute Gasteiger partial charge is 0.225 e. The first-order valence-electron chi connectivity index (χ1n) is 7.18. The minimum Gasteiger partial charge on any atom is -0.326 e. The summed E-state index contributed by atoms with van der Waals surface area (Å²) in [7, 11) is -3.31. The van der Waals surface area contributed by atoms with Crippen LogP contribution < -0.4 is 5.32 Å². The number of sulfonamides is 1. The average Bonchev–Trinajstić information content (AvgIpc) is 2.40. The molecular formula is C15H23BrN2O3S. The molecule has 1 amide bonds. The van der Waals surface area contributed by atoms with E-state index < -0.39 is 10.0 Å². The lowest BCUT2D eigenvalue weighted by molar-refractivity contribution is -0.116. The Bertz CT molecular complexity index is 632. The zero-order chi connectivity index (χ0) is 16.9. The standard InChI is InChI=1S/C15H23BrN2O3S/c1-5-12(3)18(22(4,20)21)9-8-15(19)17-14-7-6-13(16)10-11(14)2/h6-7,10,12H,5,8-9H2,1-4H3,(H,17,19). The highest BCUT2D eigenvalue weighted by Gasteiger charge is 2.22. The number of benzene rings is 1. The normalized spacial score (nSPS) is 13.2. The number of amides is 1. The van der Waals surface area contributed by atoms with Gasteiger partial charge in [-0.1, -0.05) is 22.9 Å². The third kappa shape index (κ3) is 5.70. The maximum Gasteiger partial charge on any atom is 0.225 e. The summed E-state index contributed by atoms with van der Waals surface area (Å²) in [4.78, 5) is 12.0. The molecule has 1 unspecified atom stereocenters. The summed E-state index contributed by atoms with van der Waals surface area (Å²) in [5.41, 5.74) is 1.69. The molecule has 0 aliphatic carbocycles. The maximum atomic E-state index is 12.0. The van der Waals surface area contributed by atoms with Gasteiger partial charge in [0.15, 0.2) is 0 Å².